The van der Waals surface area contributed by atoms with Crippen molar-refractivity contribution in [3.8, 4) is 0 Å². The number of thioether (sulfide) groups is 1. The summed E-state index contributed by atoms with van der Waals surface area (Å²) in [4.78, 5) is 37.6. The third kappa shape index (κ3) is 4.05. The summed E-state index contributed by atoms with van der Waals surface area (Å²) in [5, 5.41) is 2.07. The number of carbonyl (C=O) groups is 3. The normalized spacial score (nSPS) is 16.7. The fraction of sp³-hybridized carbons (Fsp3) is 0.211. The lowest BCUT2D eigenvalue weighted by atomic mass is 10.2. The third-order valence-electron chi connectivity index (χ3n) is 3.81. The average Bonchev–Trinajstić information content (AvgIpc) is 2.91. The van der Waals surface area contributed by atoms with E-state index in [1.165, 1.54) is 4.90 Å². The first-order valence-electron chi connectivity index (χ1n) is 8.18. The van der Waals surface area contributed by atoms with Crippen LogP contribution in [0, 0.1) is 0 Å². The molecular weight excluding hydrogens is 352 g/mol. The van der Waals surface area contributed by atoms with Gasteiger partial charge in [-0.1, -0.05) is 30.3 Å². The summed E-state index contributed by atoms with van der Waals surface area (Å²) in [6, 6.07) is 16.0. The Hall–Kier alpha value is -2.80. The first-order chi connectivity index (χ1) is 12.6. The van der Waals surface area contributed by atoms with Crippen LogP contribution >= 0.6 is 11.8 Å². The molecule has 134 valence electrons. The van der Waals surface area contributed by atoms with Crippen molar-refractivity contribution in [2.75, 3.05) is 11.9 Å². The zero-order chi connectivity index (χ0) is 18.5. The average molecular weight is 370 g/mol. The summed E-state index contributed by atoms with van der Waals surface area (Å²) in [7, 11) is 0. The SMILES string of the molecule is CCOC(=O)c1ccc(N[C@H]2SC(=O)N(Cc3ccccc3)C2=O)cc1. The molecule has 0 aliphatic carbocycles. The van der Waals surface area contributed by atoms with Crippen LogP contribution in [0.15, 0.2) is 54.6 Å². The Morgan fingerprint density at radius 3 is 2.46 bits per heavy atom. The number of nitrogens with zero attached hydrogens (tertiary/aromatic N) is 1. The molecule has 2 amide bonds. The third-order valence-corrected chi connectivity index (χ3v) is 4.78. The smallest absolute Gasteiger partial charge is 0.338 e. The molecule has 1 aliphatic heterocycles. The minimum absolute atomic E-state index is 0.255. The van der Waals surface area contributed by atoms with Crippen LogP contribution in [-0.4, -0.2) is 34.0 Å². The van der Waals surface area contributed by atoms with Crippen LogP contribution in [0.1, 0.15) is 22.8 Å². The Bertz CT molecular complexity index is 808. The fourth-order valence-electron chi connectivity index (χ4n) is 2.51. The topological polar surface area (TPSA) is 75.7 Å². The van der Waals surface area contributed by atoms with Crippen LogP contribution in [0.2, 0.25) is 0 Å². The Balaban J connectivity index is 1.64. The van der Waals surface area contributed by atoms with Gasteiger partial charge in [0.2, 0.25) is 0 Å². The molecule has 0 aromatic heterocycles. The van der Waals surface area contributed by atoms with Gasteiger partial charge in [-0.25, -0.2) is 4.79 Å². The van der Waals surface area contributed by atoms with Crippen molar-refractivity contribution in [3.63, 3.8) is 0 Å². The second-order valence-corrected chi connectivity index (χ2v) is 6.67. The molecule has 3 rings (SSSR count). The predicted molar refractivity (Wildman–Crippen MR) is 99.8 cm³/mol. The molecule has 1 fully saturated rings. The summed E-state index contributed by atoms with van der Waals surface area (Å²) >= 11 is 0.949. The van der Waals surface area contributed by atoms with E-state index < -0.39 is 11.3 Å². The number of ether oxygens (including phenoxy) is 1. The molecule has 26 heavy (non-hydrogen) atoms. The van der Waals surface area contributed by atoms with Crippen LogP contribution in [0.5, 0.6) is 0 Å². The molecule has 2 aromatic rings. The number of carbonyl (C=O) groups excluding carboxylic acids is 3. The number of rotatable bonds is 6. The highest BCUT2D eigenvalue weighted by atomic mass is 32.2. The summed E-state index contributed by atoms with van der Waals surface area (Å²) in [5.41, 5.74) is 1.98. The van der Waals surface area contributed by atoms with Gasteiger partial charge in [-0.3, -0.25) is 14.5 Å². The van der Waals surface area contributed by atoms with Gasteiger partial charge in [0.05, 0.1) is 18.7 Å². The lowest BCUT2D eigenvalue weighted by Gasteiger charge is -2.15. The van der Waals surface area contributed by atoms with E-state index in [-0.39, 0.29) is 17.7 Å². The lowest BCUT2D eigenvalue weighted by molar-refractivity contribution is -0.126. The Kier molecular flexibility index (Phi) is 5.58. The monoisotopic (exact) mass is 370 g/mol. The maximum atomic E-state index is 12.5. The predicted octanol–water partition coefficient (Wildman–Crippen LogP) is 3.50. The van der Waals surface area contributed by atoms with Crippen LogP contribution in [0.4, 0.5) is 10.5 Å². The molecule has 1 N–H and O–H groups in total. The minimum atomic E-state index is -0.681. The number of amides is 2. The Morgan fingerprint density at radius 2 is 1.81 bits per heavy atom. The molecule has 1 aliphatic rings. The molecule has 1 atom stereocenters. The zero-order valence-electron chi connectivity index (χ0n) is 14.2. The maximum absolute atomic E-state index is 12.5. The van der Waals surface area contributed by atoms with Crippen molar-refractivity contribution in [2.24, 2.45) is 0 Å². The van der Waals surface area contributed by atoms with Crippen LogP contribution in [0.25, 0.3) is 0 Å². The summed E-state index contributed by atoms with van der Waals surface area (Å²) in [6.45, 7) is 2.31. The van der Waals surface area contributed by atoms with E-state index in [2.05, 4.69) is 5.32 Å². The molecule has 2 aromatic carbocycles. The van der Waals surface area contributed by atoms with Crippen molar-refractivity contribution < 1.29 is 19.1 Å². The molecule has 0 radical (unpaired) electrons. The van der Waals surface area contributed by atoms with E-state index >= 15 is 0 Å². The maximum Gasteiger partial charge on any atom is 0.338 e. The van der Waals surface area contributed by atoms with Gasteiger partial charge in [0.25, 0.3) is 11.1 Å². The zero-order valence-corrected chi connectivity index (χ0v) is 15.0. The number of benzene rings is 2. The highest BCUT2D eigenvalue weighted by molar-refractivity contribution is 8.15. The second kappa shape index (κ2) is 8.05. The number of imide groups is 1. The first-order valence-corrected chi connectivity index (χ1v) is 9.06. The second-order valence-electron chi connectivity index (χ2n) is 5.62. The van der Waals surface area contributed by atoms with Gasteiger partial charge in [-0.05, 0) is 48.5 Å². The van der Waals surface area contributed by atoms with E-state index in [1.54, 1.807) is 31.2 Å². The van der Waals surface area contributed by atoms with E-state index in [0.29, 0.717) is 17.9 Å². The highest BCUT2D eigenvalue weighted by Crippen LogP contribution is 2.29. The Labute approximate surface area is 155 Å². The molecular formula is C19H18N2O4S. The number of nitrogens with one attached hydrogen (secondary N) is 1. The van der Waals surface area contributed by atoms with Crippen LogP contribution in [0.3, 0.4) is 0 Å². The molecule has 6 nitrogen and oxygen atoms in total. The van der Waals surface area contributed by atoms with Gasteiger partial charge >= 0.3 is 5.97 Å². The Morgan fingerprint density at radius 1 is 1.12 bits per heavy atom. The summed E-state index contributed by atoms with van der Waals surface area (Å²) in [5.74, 6) is -0.673. The van der Waals surface area contributed by atoms with Crippen molar-refractivity contribution in [1.82, 2.24) is 4.90 Å². The largest absolute Gasteiger partial charge is 0.462 e. The van der Waals surface area contributed by atoms with Crippen molar-refractivity contribution >= 4 is 34.6 Å². The van der Waals surface area contributed by atoms with Gasteiger partial charge in [-0.2, -0.15) is 0 Å². The van der Waals surface area contributed by atoms with Gasteiger partial charge < -0.3 is 10.1 Å². The van der Waals surface area contributed by atoms with E-state index in [1.807, 2.05) is 30.3 Å². The lowest BCUT2D eigenvalue weighted by Crippen LogP contribution is -2.33. The van der Waals surface area contributed by atoms with E-state index in [9.17, 15) is 14.4 Å². The van der Waals surface area contributed by atoms with E-state index in [0.717, 1.165) is 17.3 Å². The quantitative estimate of drug-likeness (QED) is 0.785. The van der Waals surface area contributed by atoms with Gasteiger partial charge in [0.1, 0.15) is 0 Å². The van der Waals surface area contributed by atoms with Crippen molar-refractivity contribution in [1.29, 1.82) is 0 Å². The van der Waals surface area contributed by atoms with Crippen LogP contribution in [-0.2, 0) is 16.1 Å². The highest BCUT2D eigenvalue weighted by Gasteiger charge is 2.39. The number of hydrogen-bond acceptors (Lipinski definition) is 6. The van der Waals surface area contributed by atoms with E-state index in [4.69, 9.17) is 4.74 Å². The summed E-state index contributed by atoms with van der Waals surface area (Å²) < 4.78 is 4.93. The number of anilines is 1. The number of esters is 1. The fourth-order valence-corrected chi connectivity index (χ4v) is 3.42. The summed E-state index contributed by atoms with van der Waals surface area (Å²) in [6.07, 6.45) is 0. The van der Waals surface area contributed by atoms with Crippen molar-refractivity contribution in [3.05, 3.63) is 65.7 Å². The first kappa shape index (κ1) is 18.0. The molecule has 0 saturated carbocycles. The van der Waals surface area contributed by atoms with Gasteiger partial charge in [-0.15, -0.1) is 0 Å². The molecule has 1 saturated heterocycles. The molecule has 7 heteroatoms. The standard InChI is InChI=1S/C19H18N2O4S/c1-2-25-18(23)14-8-10-15(11-9-14)20-16-17(22)21(19(24)26-16)12-13-6-4-3-5-7-13/h3-11,16,20H,2,12H2,1H3/t16-/m0/s1. The molecule has 0 unspecified atom stereocenters. The van der Waals surface area contributed by atoms with Crippen molar-refractivity contribution in [2.45, 2.75) is 18.8 Å². The molecule has 0 bridgehead atoms. The number of hydrogen-bond donors (Lipinski definition) is 1. The van der Waals surface area contributed by atoms with Gasteiger partial charge in [0, 0.05) is 5.69 Å². The molecule has 0 spiro atoms. The molecule has 1 heterocycles. The van der Waals surface area contributed by atoms with Gasteiger partial charge in [0.15, 0.2) is 5.37 Å². The van der Waals surface area contributed by atoms with Crippen LogP contribution < -0.4 is 5.32 Å². The minimum Gasteiger partial charge on any atom is -0.462 e.